The molecular formula is C19H31NO2Si. The molecule has 1 amide bonds. The van der Waals surface area contributed by atoms with E-state index in [1.165, 1.54) is 5.56 Å². The van der Waals surface area contributed by atoms with Crippen LogP contribution in [0.3, 0.4) is 0 Å². The van der Waals surface area contributed by atoms with Crippen molar-refractivity contribution < 1.29 is 9.22 Å². The van der Waals surface area contributed by atoms with Gasteiger partial charge in [0.15, 0.2) is 0 Å². The minimum atomic E-state index is -1.99. The molecule has 1 heterocycles. The van der Waals surface area contributed by atoms with Gasteiger partial charge in [0.05, 0.1) is 12.1 Å². The number of rotatable bonds is 7. The Hall–Kier alpha value is -1.13. The number of carbonyl (C=O) groups is 1. The third-order valence-electron chi connectivity index (χ3n) is 5.28. The molecule has 0 unspecified atom stereocenters. The first kappa shape index (κ1) is 18.2. The van der Waals surface area contributed by atoms with Crippen LogP contribution in [-0.2, 0) is 9.22 Å². The lowest BCUT2D eigenvalue weighted by Gasteiger charge is -2.47. The number of carbonyl (C=O) groups excluding carboxylic acids is 1. The summed E-state index contributed by atoms with van der Waals surface area (Å²) in [7, 11) is -1.99. The van der Waals surface area contributed by atoms with Crippen LogP contribution >= 0.6 is 0 Å². The van der Waals surface area contributed by atoms with Crippen molar-refractivity contribution in [1.82, 2.24) is 5.32 Å². The third kappa shape index (κ3) is 3.53. The highest BCUT2D eigenvalue weighted by molar-refractivity contribution is 6.77. The fraction of sp³-hybridized carbons (Fsp3) is 0.632. The summed E-state index contributed by atoms with van der Waals surface area (Å²) in [6.45, 7) is 13.8. The first-order chi connectivity index (χ1) is 10.8. The molecule has 3 nitrogen and oxygen atoms in total. The van der Waals surface area contributed by atoms with Gasteiger partial charge in [-0.05, 0) is 22.2 Å². The Kier molecular flexibility index (Phi) is 5.68. The van der Waals surface area contributed by atoms with E-state index in [-0.39, 0.29) is 18.1 Å². The molecule has 1 aliphatic rings. The zero-order chi connectivity index (χ0) is 17.2. The zero-order valence-electron chi connectivity index (χ0n) is 15.3. The van der Waals surface area contributed by atoms with Gasteiger partial charge < -0.3 is 9.74 Å². The summed E-state index contributed by atoms with van der Waals surface area (Å²) in [5.41, 5.74) is 2.77. The summed E-state index contributed by atoms with van der Waals surface area (Å²) in [5.74, 6) is 0.130. The highest BCUT2D eigenvalue weighted by Crippen LogP contribution is 2.46. The van der Waals surface area contributed by atoms with Gasteiger partial charge in [0.25, 0.3) is 0 Å². The fourth-order valence-corrected chi connectivity index (χ4v) is 9.78. The van der Waals surface area contributed by atoms with E-state index in [1.807, 2.05) is 6.07 Å². The lowest BCUT2D eigenvalue weighted by atomic mass is 9.94. The van der Waals surface area contributed by atoms with Gasteiger partial charge in [0.1, 0.15) is 0 Å². The van der Waals surface area contributed by atoms with Crippen molar-refractivity contribution in [3.8, 4) is 0 Å². The van der Waals surface area contributed by atoms with Crippen LogP contribution in [0.4, 0.5) is 0 Å². The molecule has 0 aromatic heterocycles. The van der Waals surface area contributed by atoms with E-state index in [4.69, 9.17) is 4.43 Å². The van der Waals surface area contributed by atoms with Gasteiger partial charge in [0, 0.05) is 6.42 Å². The minimum Gasteiger partial charge on any atom is -0.407 e. The van der Waals surface area contributed by atoms with Crippen LogP contribution in [-0.4, -0.2) is 20.3 Å². The average Bonchev–Trinajstić information content (AvgIpc) is 2.45. The second-order valence-electron chi connectivity index (χ2n) is 7.64. The Bertz CT molecular complexity index is 498. The maximum atomic E-state index is 11.5. The normalized spacial score (nSPS) is 19.9. The topological polar surface area (TPSA) is 38.3 Å². The van der Waals surface area contributed by atoms with E-state index in [9.17, 15) is 4.79 Å². The van der Waals surface area contributed by atoms with E-state index in [1.54, 1.807) is 0 Å². The van der Waals surface area contributed by atoms with Crippen LogP contribution in [0.15, 0.2) is 30.3 Å². The Morgan fingerprint density at radius 2 is 1.48 bits per heavy atom. The van der Waals surface area contributed by atoms with Crippen LogP contribution < -0.4 is 5.32 Å². The third-order valence-corrected chi connectivity index (χ3v) is 11.4. The van der Waals surface area contributed by atoms with Crippen molar-refractivity contribution in [3.05, 3.63) is 35.9 Å². The number of amides is 1. The second kappa shape index (κ2) is 7.18. The highest BCUT2D eigenvalue weighted by atomic mass is 28.4. The fourth-order valence-electron chi connectivity index (χ4n) is 4.22. The molecule has 1 aromatic rings. The molecule has 128 valence electrons. The van der Waals surface area contributed by atoms with E-state index < -0.39 is 8.32 Å². The lowest BCUT2D eigenvalue weighted by Crippen LogP contribution is -2.57. The Labute approximate surface area is 141 Å². The Morgan fingerprint density at radius 1 is 1.00 bits per heavy atom. The number of hydrogen-bond acceptors (Lipinski definition) is 2. The number of β-lactam (4-membered cyclic amide) rings is 1. The van der Waals surface area contributed by atoms with Crippen molar-refractivity contribution in [2.75, 3.05) is 0 Å². The summed E-state index contributed by atoms with van der Waals surface area (Å²) < 4.78 is 6.98. The molecule has 1 N–H and O–H groups in total. The van der Waals surface area contributed by atoms with E-state index in [0.29, 0.717) is 23.0 Å². The smallest absolute Gasteiger partial charge is 0.222 e. The molecule has 0 radical (unpaired) electrons. The molecule has 0 saturated carbocycles. The van der Waals surface area contributed by atoms with Crippen LogP contribution in [0.1, 0.15) is 59.6 Å². The molecule has 2 rings (SSSR count). The van der Waals surface area contributed by atoms with Crippen molar-refractivity contribution >= 4 is 14.2 Å². The van der Waals surface area contributed by atoms with Crippen molar-refractivity contribution in [1.29, 1.82) is 0 Å². The van der Waals surface area contributed by atoms with Gasteiger partial charge in [0.2, 0.25) is 14.2 Å². The number of benzene rings is 1. The highest BCUT2D eigenvalue weighted by Gasteiger charge is 2.49. The van der Waals surface area contributed by atoms with Gasteiger partial charge in [-0.25, -0.2) is 0 Å². The molecule has 1 aliphatic heterocycles. The lowest BCUT2D eigenvalue weighted by molar-refractivity contribution is -0.130. The molecular weight excluding hydrogens is 302 g/mol. The molecule has 0 spiro atoms. The largest absolute Gasteiger partial charge is 0.407 e. The van der Waals surface area contributed by atoms with Crippen molar-refractivity contribution in [2.45, 2.75) is 76.7 Å². The molecule has 0 aliphatic carbocycles. The molecule has 1 fully saturated rings. The second-order valence-corrected chi connectivity index (χ2v) is 13.1. The average molecular weight is 334 g/mol. The van der Waals surface area contributed by atoms with Gasteiger partial charge in [-0.1, -0.05) is 71.9 Å². The molecule has 1 saturated heterocycles. The standard InChI is InChI=1S/C19H31NO2Si/c1-13(2)23(14(3)4,15(5)6)22-19(17-12-18(21)20-17)16-10-8-7-9-11-16/h7-11,13-15,17,19H,12H2,1-6H3,(H,20,21)/t17-,19+/m1/s1. The van der Waals surface area contributed by atoms with E-state index in [0.717, 1.165) is 0 Å². The molecule has 0 bridgehead atoms. The van der Waals surface area contributed by atoms with E-state index in [2.05, 4.69) is 71.1 Å². The van der Waals surface area contributed by atoms with Gasteiger partial charge in [-0.15, -0.1) is 0 Å². The predicted octanol–water partition coefficient (Wildman–Crippen LogP) is 4.81. The summed E-state index contributed by atoms with van der Waals surface area (Å²) in [4.78, 5) is 11.5. The monoisotopic (exact) mass is 333 g/mol. The first-order valence-corrected chi connectivity index (χ1v) is 10.9. The van der Waals surface area contributed by atoms with Gasteiger partial charge in [-0.3, -0.25) is 4.79 Å². The molecule has 23 heavy (non-hydrogen) atoms. The SMILES string of the molecule is CC(C)[Si](O[C@@H](c1ccccc1)[C@H]1CC(=O)N1)(C(C)C)C(C)C. The van der Waals surface area contributed by atoms with E-state index >= 15 is 0 Å². The van der Waals surface area contributed by atoms with Crippen molar-refractivity contribution in [2.24, 2.45) is 0 Å². The zero-order valence-corrected chi connectivity index (χ0v) is 16.3. The maximum Gasteiger partial charge on any atom is 0.222 e. The molecule has 1 aromatic carbocycles. The number of hydrogen-bond donors (Lipinski definition) is 1. The molecule has 4 heteroatoms. The van der Waals surface area contributed by atoms with Crippen LogP contribution in [0.5, 0.6) is 0 Å². The van der Waals surface area contributed by atoms with Crippen LogP contribution in [0, 0.1) is 0 Å². The quantitative estimate of drug-likeness (QED) is 0.574. The van der Waals surface area contributed by atoms with Crippen molar-refractivity contribution in [3.63, 3.8) is 0 Å². The van der Waals surface area contributed by atoms with Gasteiger partial charge >= 0.3 is 0 Å². The van der Waals surface area contributed by atoms with Gasteiger partial charge in [-0.2, -0.15) is 0 Å². The van der Waals surface area contributed by atoms with Crippen LogP contribution in [0.2, 0.25) is 16.6 Å². The summed E-state index contributed by atoms with van der Waals surface area (Å²) in [5, 5.41) is 3.04. The Morgan fingerprint density at radius 3 is 1.87 bits per heavy atom. The summed E-state index contributed by atoms with van der Waals surface area (Å²) >= 11 is 0. The summed E-state index contributed by atoms with van der Waals surface area (Å²) in [6.07, 6.45) is 0.533. The predicted molar refractivity (Wildman–Crippen MR) is 97.9 cm³/mol. The Balaban J connectivity index is 2.36. The molecule has 2 atom stereocenters. The summed E-state index contributed by atoms with van der Waals surface area (Å²) in [6, 6.07) is 10.5. The number of nitrogens with one attached hydrogen (secondary N) is 1. The first-order valence-electron chi connectivity index (χ1n) is 8.81. The van der Waals surface area contributed by atoms with Crippen LogP contribution in [0.25, 0.3) is 0 Å². The maximum absolute atomic E-state index is 11.5. The minimum absolute atomic E-state index is 0.0345.